The van der Waals surface area contributed by atoms with Crippen molar-refractivity contribution in [2.24, 2.45) is 0 Å². The monoisotopic (exact) mass is 376 g/mol. The van der Waals surface area contributed by atoms with Gasteiger partial charge in [-0.3, -0.25) is 19.4 Å². The first-order valence-electron chi connectivity index (χ1n) is 8.99. The van der Waals surface area contributed by atoms with Gasteiger partial charge in [-0.05, 0) is 12.1 Å². The Morgan fingerprint density at radius 1 is 1.25 bits per heavy atom. The first-order chi connectivity index (χ1) is 13.7. The standard InChI is InChI=1S/C20H20N6O2/c1-2-19(27)25-8-9-26-18(13-25)15(12-22-26)11-21-20(28)17-10-16(23-24-17)14-6-4-3-5-7-14/h2-7,10,12H,1,8-9,11,13H2,(H,21,28)(H,23,24). The van der Waals surface area contributed by atoms with Gasteiger partial charge >= 0.3 is 0 Å². The maximum atomic E-state index is 12.5. The van der Waals surface area contributed by atoms with Gasteiger partial charge in [0.2, 0.25) is 5.91 Å². The van der Waals surface area contributed by atoms with Crippen LogP contribution in [0, 0.1) is 0 Å². The molecule has 2 aromatic heterocycles. The Kier molecular flexibility index (Phi) is 4.76. The van der Waals surface area contributed by atoms with Crippen LogP contribution in [0.3, 0.4) is 0 Å². The van der Waals surface area contributed by atoms with E-state index in [1.807, 2.05) is 35.0 Å². The molecule has 0 atom stereocenters. The summed E-state index contributed by atoms with van der Waals surface area (Å²) in [4.78, 5) is 26.1. The summed E-state index contributed by atoms with van der Waals surface area (Å²) in [7, 11) is 0. The minimum absolute atomic E-state index is 0.103. The second-order valence-corrected chi connectivity index (χ2v) is 6.52. The molecule has 3 aromatic rings. The minimum Gasteiger partial charge on any atom is -0.347 e. The van der Waals surface area contributed by atoms with Crippen molar-refractivity contribution in [3.63, 3.8) is 0 Å². The molecule has 8 heteroatoms. The van der Waals surface area contributed by atoms with Crippen LogP contribution < -0.4 is 5.32 Å². The van der Waals surface area contributed by atoms with E-state index < -0.39 is 0 Å². The van der Waals surface area contributed by atoms with Gasteiger partial charge < -0.3 is 10.2 Å². The van der Waals surface area contributed by atoms with Crippen LogP contribution in [-0.4, -0.2) is 43.2 Å². The normalized spacial score (nSPS) is 13.1. The Hall–Kier alpha value is -3.68. The van der Waals surface area contributed by atoms with Crippen molar-refractivity contribution in [1.82, 2.24) is 30.2 Å². The lowest BCUT2D eigenvalue weighted by atomic mass is 10.1. The summed E-state index contributed by atoms with van der Waals surface area (Å²) in [6, 6.07) is 11.4. The van der Waals surface area contributed by atoms with Crippen LogP contribution >= 0.6 is 0 Å². The SMILES string of the molecule is C=CC(=O)N1CCn2ncc(CNC(=O)c3cc(-c4ccccc4)n[nH]3)c2C1. The summed E-state index contributed by atoms with van der Waals surface area (Å²) in [5.41, 5.74) is 3.86. The lowest BCUT2D eigenvalue weighted by Gasteiger charge is -2.27. The first kappa shape index (κ1) is 17.7. The molecule has 1 aliphatic rings. The zero-order valence-electron chi connectivity index (χ0n) is 15.3. The second-order valence-electron chi connectivity index (χ2n) is 6.52. The average Bonchev–Trinajstić information content (AvgIpc) is 3.39. The Balaban J connectivity index is 1.43. The number of benzene rings is 1. The molecule has 8 nitrogen and oxygen atoms in total. The van der Waals surface area contributed by atoms with E-state index in [2.05, 4.69) is 27.2 Å². The average molecular weight is 376 g/mol. The summed E-state index contributed by atoms with van der Waals surface area (Å²) in [6.45, 7) is 5.55. The van der Waals surface area contributed by atoms with Crippen molar-refractivity contribution in [2.45, 2.75) is 19.6 Å². The zero-order valence-corrected chi connectivity index (χ0v) is 15.3. The maximum absolute atomic E-state index is 12.5. The highest BCUT2D eigenvalue weighted by Gasteiger charge is 2.22. The van der Waals surface area contributed by atoms with Crippen LogP contribution in [0.5, 0.6) is 0 Å². The van der Waals surface area contributed by atoms with E-state index in [9.17, 15) is 9.59 Å². The molecule has 0 aliphatic carbocycles. The van der Waals surface area contributed by atoms with E-state index in [0.29, 0.717) is 37.6 Å². The van der Waals surface area contributed by atoms with Gasteiger partial charge in [-0.2, -0.15) is 10.2 Å². The van der Waals surface area contributed by atoms with Crippen molar-refractivity contribution in [1.29, 1.82) is 0 Å². The molecule has 1 aromatic carbocycles. The number of amides is 2. The summed E-state index contributed by atoms with van der Waals surface area (Å²) in [5, 5.41) is 14.2. The number of hydrogen-bond donors (Lipinski definition) is 2. The van der Waals surface area contributed by atoms with Crippen molar-refractivity contribution in [3.05, 3.63) is 72.2 Å². The third-order valence-electron chi connectivity index (χ3n) is 4.78. The Morgan fingerprint density at radius 2 is 2.07 bits per heavy atom. The number of carbonyl (C=O) groups is 2. The molecule has 0 saturated carbocycles. The maximum Gasteiger partial charge on any atom is 0.269 e. The van der Waals surface area contributed by atoms with Gasteiger partial charge in [0, 0.05) is 24.2 Å². The van der Waals surface area contributed by atoms with Crippen LogP contribution in [-0.2, 0) is 24.4 Å². The fourth-order valence-corrected chi connectivity index (χ4v) is 3.23. The predicted octanol–water partition coefficient (Wildman–Crippen LogP) is 1.73. The number of carbonyl (C=O) groups excluding carboxylic acids is 2. The third kappa shape index (κ3) is 3.44. The fraction of sp³-hybridized carbons (Fsp3) is 0.200. The van der Waals surface area contributed by atoms with E-state index >= 15 is 0 Å². The number of aromatic amines is 1. The minimum atomic E-state index is -0.246. The second kappa shape index (κ2) is 7.51. The van der Waals surface area contributed by atoms with Gasteiger partial charge in [0.05, 0.1) is 30.7 Å². The van der Waals surface area contributed by atoms with Gasteiger partial charge in [0.1, 0.15) is 5.69 Å². The largest absolute Gasteiger partial charge is 0.347 e. The Labute approximate surface area is 161 Å². The van der Waals surface area contributed by atoms with Crippen molar-refractivity contribution in [2.75, 3.05) is 6.54 Å². The molecule has 2 amide bonds. The molecule has 142 valence electrons. The molecule has 28 heavy (non-hydrogen) atoms. The number of aromatic nitrogens is 4. The van der Waals surface area contributed by atoms with E-state index in [1.54, 1.807) is 17.2 Å². The van der Waals surface area contributed by atoms with Gasteiger partial charge in [-0.1, -0.05) is 36.9 Å². The molecular weight excluding hydrogens is 356 g/mol. The lowest BCUT2D eigenvalue weighted by Crippen LogP contribution is -2.38. The molecule has 2 N–H and O–H groups in total. The third-order valence-corrected chi connectivity index (χ3v) is 4.78. The fourth-order valence-electron chi connectivity index (χ4n) is 3.23. The van der Waals surface area contributed by atoms with Crippen molar-refractivity contribution in [3.8, 4) is 11.3 Å². The smallest absolute Gasteiger partial charge is 0.269 e. The van der Waals surface area contributed by atoms with Gasteiger partial charge in [0.15, 0.2) is 0 Å². The van der Waals surface area contributed by atoms with E-state index in [1.165, 1.54) is 6.08 Å². The summed E-state index contributed by atoms with van der Waals surface area (Å²) < 4.78 is 1.87. The number of nitrogens with zero attached hydrogens (tertiary/aromatic N) is 4. The quantitative estimate of drug-likeness (QED) is 0.663. The number of H-pyrrole nitrogens is 1. The van der Waals surface area contributed by atoms with Gasteiger partial charge in [-0.15, -0.1) is 0 Å². The molecule has 0 spiro atoms. The zero-order chi connectivity index (χ0) is 19.5. The summed E-state index contributed by atoms with van der Waals surface area (Å²) in [5.74, 6) is -0.349. The first-order valence-corrected chi connectivity index (χ1v) is 8.99. The number of rotatable bonds is 5. The van der Waals surface area contributed by atoms with Gasteiger partial charge in [-0.25, -0.2) is 0 Å². The molecule has 3 heterocycles. The van der Waals surface area contributed by atoms with E-state index in [4.69, 9.17) is 0 Å². The molecular formula is C20H20N6O2. The Bertz CT molecular complexity index is 1020. The number of hydrogen-bond acceptors (Lipinski definition) is 4. The summed E-state index contributed by atoms with van der Waals surface area (Å²) in [6.07, 6.45) is 3.05. The molecule has 0 radical (unpaired) electrons. The van der Waals surface area contributed by atoms with Crippen LogP contribution in [0.15, 0.2) is 55.3 Å². The predicted molar refractivity (Wildman–Crippen MR) is 103 cm³/mol. The topological polar surface area (TPSA) is 95.9 Å². The number of fused-ring (bicyclic) bond motifs is 1. The molecule has 1 aliphatic heterocycles. The van der Waals surface area contributed by atoms with Crippen molar-refractivity contribution >= 4 is 11.8 Å². The summed E-state index contributed by atoms with van der Waals surface area (Å²) >= 11 is 0. The molecule has 0 fully saturated rings. The molecule has 0 bridgehead atoms. The van der Waals surface area contributed by atoms with E-state index in [-0.39, 0.29) is 11.8 Å². The number of nitrogens with one attached hydrogen (secondary N) is 2. The molecule has 0 saturated heterocycles. The van der Waals surface area contributed by atoms with Crippen LogP contribution in [0.1, 0.15) is 21.7 Å². The molecule has 0 unspecified atom stereocenters. The van der Waals surface area contributed by atoms with Crippen LogP contribution in [0.2, 0.25) is 0 Å². The van der Waals surface area contributed by atoms with Crippen LogP contribution in [0.25, 0.3) is 11.3 Å². The van der Waals surface area contributed by atoms with Crippen molar-refractivity contribution < 1.29 is 9.59 Å². The highest BCUT2D eigenvalue weighted by molar-refractivity contribution is 5.93. The van der Waals surface area contributed by atoms with Crippen LogP contribution in [0.4, 0.5) is 0 Å². The van der Waals surface area contributed by atoms with Gasteiger partial charge in [0.25, 0.3) is 5.91 Å². The highest BCUT2D eigenvalue weighted by Crippen LogP contribution is 2.18. The molecule has 4 rings (SSSR count). The van der Waals surface area contributed by atoms with E-state index in [0.717, 1.165) is 16.8 Å². The Morgan fingerprint density at radius 3 is 2.86 bits per heavy atom. The lowest BCUT2D eigenvalue weighted by molar-refractivity contribution is -0.127. The highest BCUT2D eigenvalue weighted by atomic mass is 16.2.